The summed E-state index contributed by atoms with van der Waals surface area (Å²) in [7, 11) is 0. The van der Waals surface area contributed by atoms with Gasteiger partial charge in [0.05, 0.1) is 0 Å². The van der Waals surface area contributed by atoms with Crippen LogP contribution >= 0.6 is 11.5 Å². The molecule has 0 bridgehead atoms. The Labute approximate surface area is 128 Å². The minimum atomic E-state index is -0.0803. The Morgan fingerprint density at radius 3 is 2.76 bits per heavy atom. The summed E-state index contributed by atoms with van der Waals surface area (Å²) in [5.74, 6) is 0.265. The quantitative estimate of drug-likeness (QED) is 0.763. The first-order chi connectivity index (χ1) is 10.2. The van der Waals surface area contributed by atoms with Gasteiger partial charge in [-0.2, -0.15) is 4.37 Å². The van der Waals surface area contributed by atoms with Gasteiger partial charge >= 0.3 is 0 Å². The Bertz CT molecular complexity index is 552. The van der Waals surface area contributed by atoms with Crippen LogP contribution in [-0.2, 0) is 0 Å². The van der Waals surface area contributed by atoms with Gasteiger partial charge in [0, 0.05) is 31.2 Å². The van der Waals surface area contributed by atoms with Crippen molar-refractivity contribution >= 4 is 28.3 Å². The predicted molar refractivity (Wildman–Crippen MR) is 83.6 cm³/mol. The van der Waals surface area contributed by atoms with E-state index in [0.717, 1.165) is 43.4 Å². The average molecular weight is 307 g/mol. The smallest absolute Gasteiger partial charge is 0.258 e. The lowest BCUT2D eigenvalue weighted by molar-refractivity contribution is 0.0953. The lowest BCUT2D eigenvalue weighted by atomic mass is 10.2. The molecule has 2 saturated carbocycles. The van der Waals surface area contributed by atoms with Crippen molar-refractivity contribution in [3.05, 3.63) is 5.56 Å². The first-order valence-electron chi connectivity index (χ1n) is 7.77. The van der Waals surface area contributed by atoms with Crippen molar-refractivity contribution < 1.29 is 4.79 Å². The molecule has 2 heterocycles. The molecule has 1 saturated heterocycles. The molecule has 2 aliphatic carbocycles. The third-order valence-corrected chi connectivity index (χ3v) is 5.27. The van der Waals surface area contributed by atoms with E-state index in [2.05, 4.69) is 19.9 Å². The number of nitrogens with two attached hydrogens (primary N) is 1. The highest BCUT2D eigenvalue weighted by Crippen LogP contribution is 2.33. The number of aromatic nitrogens is 1. The van der Waals surface area contributed by atoms with Gasteiger partial charge in [-0.1, -0.05) is 0 Å². The number of rotatable bonds is 5. The van der Waals surface area contributed by atoms with Crippen molar-refractivity contribution in [2.75, 3.05) is 24.1 Å². The SMILES string of the molecule is Nc1nsc(NC2CCN(C3CC3)C2)c1C(=O)NC1CC1. The monoisotopic (exact) mass is 307 g/mol. The summed E-state index contributed by atoms with van der Waals surface area (Å²) in [6.45, 7) is 2.21. The van der Waals surface area contributed by atoms with Crippen molar-refractivity contribution in [2.45, 2.75) is 50.2 Å². The van der Waals surface area contributed by atoms with Crippen molar-refractivity contribution in [2.24, 2.45) is 0 Å². The molecule has 1 atom stereocenters. The van der Waals surface area contributed by atoms with E-state index in [-0.39, 0.29) is 5.91 Å². The normalized spacial score (nSPS) is 26.0. The number of nitrogens with zero attached hydrogens (tertiary/aromatic N) is 2. The lowest BCUT2D eigenvalue weighted by Gasteiger charge is -2.16. The minimum absolute atomic E-state index is 0.0803. The number of hydrogen-bond acceptors (Lipinski definition) is 6. The topological polar surface area (TPSA) is 83.3 Å². The highest BCUT2D eigenvalue weighted by molar-refractivity contribution is 7.11. The maximum atomic E-state index is 12.3. The molecule has 3 aliphatic rings. The number of carbonyl (C=O) groups is 1. The molecule has 1 amide bonds. The molecule has 6 nitrogen and oxygen atoms in total. The van der Waals surface area contributed by atoms with Crippen LogP contribution in [0.2, 0.25) is 0 Å². The third kappa shape index (κ3) is 2.85. The number of nitrogens with one attached hydrogen (secondary N) is 2. The van der Waals surface area contributed by atoms with Gasteiger partial charge in [-0.15, -0.1) is 0 Å². The molecule has 1 aromatic rings. The molecule has 4 N–H and O–H groups in total. The van der Waals surface area contributed by atoms with Crippen LogP contribution in [0.15, 0.2) is 0 Å². The van der Waals surface area contributed by atoms with E-state index in [1.807, 2.05) is 0 Å². The molecular weight excluding hydrogens is 286 g/mol. The molecule has 1 aliphatic heterocycles. The molecule has 0 aromatic carbocycles. The van der Waals surface area contributed by atoms with Gasteiger partial charge < -0.3 is 16.4 Å². The lowest BCUT2D eigenvalue weighted by Crippen LogP contribution is -2.29. The van der Waals surface area contributed by atoms with Crippen LogP contribution in [-0.4, -0.2) is 46.4 Å². The van der Waals surface area contributed by atoms with E-state index >= 15 is 0 Å². The van der Waals surface area contributed by atoms with Crippen molar-refractivity contribution in [1.82, 2.24) is 14.6 Å². The Balaban J connectivity index is 1.43. The van der Waals surface area contributed by atoms with E-state index in [1.54, 1.807) is 0 Å². The molecule has 3 fully saturated rings. The number of likely N-dealkylation sites (tertiary alicyclic amines) is 1. The molecule has 1 aromatic heterocycles. The fourth-order valence-corrected chi connectivity index (χ4v) is 3.76. The fourth-order valence-electron chi connectivity index (χ4n) is 2.97. The standard InChI is InChI=1S/C14H21N5OS/c15-12-11(13(20)16-8-1-2-8)14(21-18-12)17-9-5-6-19(7-9)10-3-4-10/h8-10,17H,1-7H2,(H2,15,18)(H,16,20). The van der Waals surface area contributed by atoms with Crippen LogP contribution in [0, 0.1) is 0 Å². The maximum Gasteiger partial charge on any atom is 0.258 e. The summed E-state index contributed by atoms with van der Waals surface area (Å²) in [6.07, 6.45) is 5.96. The Hall–Kier alpha value is -1.34. The van der Waals surface area contributed by atoms with Crippen molar-refractivity contribution in [3.63, 3.8) is 0 Å². The molecule has 4 rings (SSSR count). The van der Waals surface area contributed by atoms with Crippen LogP contribution in [0.4, 0.5) is 10.8 Å². The Kier molecular flexibility index (Phi) is 3.26. The summed E-state index contributed by atoms with van der Waals surface area (Å²) in [6, 6.07) is 1.54. The Morgan fingerprint density at radius 2 is 2.05 bits per heavy atom. The summed E-state index contributed by atoms with van der Waals surface area (Å²) in [5, 5.41) is 7.31. The van der Waals surface area contributed by atoms with Gasteiger partial charge in [0.25, 0.3) is 5.91 Å². The number of anilines is 2. The van der Waals surface area contributed by atoms with Crippen LogP contribution in [0.5, 0.6) is 0 Å². The van der Waals surface area contributed by atoms with Crippen molar-refractivity contribution in [1.29, 1.82) is 0 Å². The second-order valence-corrected chi connectivity index (χ2v) is 7.15. The Morgan fingerprint density at radius 1 is 1.24 bits per heavy atom. The molecule has 1 unspecified atom stereocenters. The fraction of sp³-hybridized carbons (Fsp3) is 0.714. The minimum Gasteiger partial charge on any atom is -0.382 e. The zero-order chi connectivity index (χ0) is 14.4. The third-order valence-electron chi connectivity index (χ3n) is 4.48. The van der Waals surface area contributed by atoms with Gasteiger partial charge in [-0.3, -0.25) is 9.69 Å². The highest BCUT2D eigenvalue weighted by Gasteiger charge is 2.35. The molecule has 114 valence electrons. The molecule has 7 heteroatoms. The summed E-state index contributed by atoms with van der Waals surface area (Å²) < 4.78 is 4.16. The molecule has 0 radical (unpaired) electrons. The molecule has 0 spiro atoms. The van der Waals surface area contributed by atoms with Crippen LogP contribution in [0.25, 0.3) is 0 Å². The predicted octanol–water partition coefficient (Wildman–Crippen LogP) is 1.27. The largest absolute Gasteiger partial charge is 0.382 e. The summed E-state index contributed by atoms with van der Waals surface area (Å²) in [5.41, 5.74) is 6.42. The van der Waals surface area contributed by atoms with Crippen LogP contribution in [0.3, 0.4) is 0 Å². The van der Waals surface area contributed by atoms with E-state index in [9.17, 15) is 4.79 Å². The second kappa shape index (κ2) is 5.14. The summed E-state index contributed by atoms with van der Waals surface area (Å²) in [4.78, 5) is 14.8. The molecule has 21 heavy (non-hydrogen) atoms. The second-order valence-electron chi connectivity index (χ2n) is 6.38. The highest BCUT2D eigenvalue weighted by atomic mass is 32.1. The van der Waals surface area contributed by atoms with Gasteiger partial charge in [0.1, 0.15) is 10.6 Å². The van der Waals surface area contributed by atoms with Gasteiger partial charge in [0.15, 0.2) is 5.82 Å². The zero-order valence-electron chi connectivity index (χ0n) is 12.0. The first kappa shape index (κ1) is 13.3. The van der Waals surface area contributed by atoms with E-state index in [4.69, 9.17) is 5.73 Å². The van der Waals surface area contributed by atoms with Crippen LogP contribution < -0.4 is 16.4 Å². The number of carbonyl (C=O) groups excluding carboxylic acids is 1. The van der Waals surface area contributed by atoms with E-state index in [0.29, 0.717) is 23.5 Å². The van der Waals surface area contributed by atoms with E-state index < -0.39 is 0 Å². The van der Waals surface area contributed by atoms with Gasteiger partial charge in [-0.05, 0) is 43.6 Å². The zero-order valence-corrected chi connectivity index (χ0v) is 12.8. The number of amides is 1. The summed E-state index contributed by atoms with van der Waals surface area (Å²) >= 11 is 1.30. The number of nitrogen functional groups attached to an aromatic ring is 1. The van der Waals surface area contributed by atoms with Gasteiger partial charge in [-0.25, -0.2) is 0 Å². The first-order valence-corrected chi connectivity index (χ1v) is 8.54. The van der Waals surface area contributed by atoms with Gasteiger partial charge in [0.2, 0.25) is 0 Å². The number of hydrogen-bond donors (Lipinski definition) is 3. The average Bonchev–Trinajstić information content (AvgIpc) is 3.38. The van der Waals surface area contributed by atoms with Crippen molar-refractivity contribution in [3.8, 4) is 0 Å². The maximum absolute atomic E-state index is 12.3. The van der Waals surface area contributed by atoms with Crippen LogP contribution in [0.1, 0.15) is 42.5 Å². The van der Waals surface area contributed by atoms with E-state index in [1.165, 1.54) is 24.4 Å². The molecular formula is C14H21N5OS.